The van der Waals surface area contributed by atoms with E-state index in [0.29, 0.717) is 11.4 Å². The lowest BCUT2D eigenvalue weighted by atomic mass is 10.3. The molecule has 1 aromatic rings. The highest BCUT2D eigenvalue weighted by atomic mass is 16.5. The molecule has 0 saturated carbocycles. The fourth-order valence-corrected chi connectivity index (χ4v) is 1.57. The second-order valence-corrected chi connectivity index (χ2v) is 4.49. The van der Waals surface area contributed by atoms with Gasteiger partial charge in [0, 0.05) is 26.8 Å². The van der Waals surface area contributed by atoms with Gasteiger partial charge in [-0.15, -0.1) is 4.99 Å². The Morgan fingerprint density at radius 3 is 2.14 bits per heavy atom. The normalized spacial score (nSPS) is 10.7. The molecule has 3 amide bonds. The minimum Gasteiger partial charge on any atom is -0.497 e. The number of urea groups is 1. The molecule has 0 aromatic heterocycles. The predicted octanol–water partition coefficient (Wildman–Crippen LogP) is 1.84. The highest BCUT2D eigenvalue weighted by Crippen LogP contribution is 2.15. The SMILES string of the molecule is COC(=O)/N=C(/N(C)C)N(C)C(=O)Nc1ccc(OC)cc1. The maximum Gasteiger partial charge on any atom is 0.436 e. The third kappa shape index (κ3) is 4.65. The number of carbonyl (C=O) groups is 2. The maximum absolute atomic E-state index is 12.2. The summed E-state index contributed by atoms with van der Waals surface area (Å²) in [6.07, 6.45) is -0.784. The first-order valence-electron chi connectivity index (χ1n) is 6.41. The number of amides is 3. The first-order valence-corrected chi connectivity index (χ1v) is 6.41. The summed E-state index contributed by atoms with van der Waals surface area (Å²) < 4.78 is 9.53. The molecule has 8 heteroatoms. The zero-order chi connectivity index (χ0) is 16.7. The van der Waals surface area contributed by atoms with E-state index in [2.05, 4.69) is 15.0 Å². The number of rotatable bonds is 2. The molecule has 0 unspecified atom stereocenters. The van der Waals surface area contributed by atoms with Gasteiger partial charge in [0.25, 0.3) is 0 Å². The number of guanidine groups is 1. The Hall–Kier alpha value is -2.77. The molecule has 120 valence electrons. The smallest absolute Gasteiger partial charge is 0.436 e. The van der Waals surface area contributed by atoms with Gasteiger partial charge in [-0.3, -0.25) is 4.90 Å². The Labute approximate surface area is 129 Å². The van der Waals surface area contributed by atoms with Crippen molar-refractivity contribution in [2.45, 2.75) is 0 Å². The Morgan fingerprint density at radius 1 is 1.09 bits per heavy atom. The number of carbonyl (C=O) groups excluding carboxylic acids is 2. The van der Waals surface area contributed by atoms with Gasteiger partial charge >= 0.3 is 12.1 Å². The van der Waals surface area contributed by atoms with E-state index in [1.807, 2.05) is 0 Å². The van der Waals surface area contributed by atoms with Crippen LogP contribution >= 0.6 is 0 Å². The number of nitrogens with one attached hydrogen (secondary N) is 1. The van der Waals surface area contributed by atoms with Crippen LogP contribution in [0.15, 0.2) is 29.3 Å². The number of aliphatic imine (C=N–C) groups is 1. The van der Waals surface area contributed by atoms with Crippen LogP contribution in [0.2, 0.25) is 0 Å². The van der Waals surface area contributed by atoms with E-state index in [1.54, 1.807) is 45.5 Å². The Bertz CT molecular complexity index is 554. The summed E-state index contributed by atoms with van der Waals surface area (Å²) in [5.74, 6) is 0.838. The van der Waals surface area contributed by atoms with Crippen LogP contribution in [0.3, 0.4) is 0 Å². The highest BCUT2D eigenvalue weighted by molar-refractivity contribution is 6.04. The van der Waals surface area contributed by atoms with E-state index in [1.165, 1.54) is 24.0 Å². The van der Waals surface area contributed by atoms with E-state index in [9.17, 15) is 9.59 Å². The first-order chi connectivity index (χ1) is 10.4. The van der Waals surface area contributed by atoms with Crippen LogP contribution < -0.4 is 10.1 Å². The second kappa shape index (κ2) is 7.87. The fraction of sp³-hybridized carbons (Fsp3) is 0.357. The Kier molecular flexibility index (Phi) is 6.18. The molecule has 0 aliphatic carbocycles. The lowest BCUT2D eigenvalue weighted by molar-refractivity contribution is 0.181. The molecule has 1 N–H and O–H groups in total. The van der Waals surface area contributed by atoms with Crippen molar-refractivity contribution in [1.82, 2.24) is 9.80 Å². The van der Waals surface area contributed by atoms with Crippen molar-refractivity contribution in [2.75, 3.05) is 40.7 Å². The highest BCUT2D eigenvalue weighted by Gasteiger charge is 2.18. The Balaban J connectivity index is 2.84. The number of hydrogen-bond donors (Lipinski definition) is 1. The van der Waals surface area contributed by atoms with Crippen molar-refractivity contribution in [1.29, 1.82) is 0 Å². The first kappa shape index (κ1) is 17.3. The quantitative estimate of drug-likeness (QED) is 0.666. The van der Waals surface area contributed by atoms with E-state index in [0.717, 1.165) is 0 Å². The number of ether oxygens (including phenoxy) is 2. The van der Waals surface area contributed by atoms with Crippen LogP contribution in [-0.2, 0) is 4.74 Å². The number of hydrogen-bond acceptors (Lipinski definition) is 4. The molecule has 0 atom stereocenters. The van der Waals surface area contributed by atoms with E-state index < -0.39 is 12.1 Å². The maximum atomic E-state index is 12.2. The van der Waals surface area contributed by atoms with Crippen LogP contribution in [-0.4, -0.2) is 63.2 Å². The minimum absolute atomic E-state index is 0.151. The molecule has 0 bridgehead atoms. The number of nitrogens with zero attached hydrogens (tertiary/aromatic N) is 3. The van der Waals surface area contributed by atoms with Gasteiger partial charge in [0.15, 0.2) is 0 Å². The summed E-state index contributed by atoms with van der Waals surface area (Å²) in [5.41, 5.74) is 0.592. The molecule has 0 aliphatic rings. The summed E-state index contributed by atoms with van der Waals surface area (Å²) in [6, 6.07) is 6.42. The van der Waals surface area contributed by atoms with Crippen molar-refractivity contribution in [3.63, 3.8) is 0 Å². The third-order valence-corrected chi connectivity index (χ3v) is 2.71. The number of benzene rings is 1. The van der Waals surface area contributed by atoms with Gasteiger partial charge in [0.05, 0.1) is 14.2 Å². The van der Waals surface area contributed by atoms with Crippen molar-refractivity contribution >= 4 is 23.8 Å². The molecule has 22 heavy (non-hydrogen) atoms. The van der Waals surface area contributed by atoms with Gasteiger partial charge in [-0.2, -0.15) is 0 Å². The molecule has 1 aromatic carbocycles. The molecule has 0 fully saturated rings. The third-order valence-electron chi connectivity index (χ3n) is 2.71. The van der Waals surface area contributed by atoms with Gasteiger partial charge in [-0.05, 0) is 24.3 Å². The van der Waals surface area contributed by atoms with Gasteiger partial charge in [0.1, 0.15) is 5.75 Å². The molecule has 0 spiro atoms. The van der Waals surface area contributed by atoms with Crippen molar-refractivity contribution < 1.29 is 19.1 Å². The lowest BCUT2D eigenvalue weighted by Gasteiger charge is -2.24. The van der Waals surface area contributed by atoms with Crippen LogP contribution in [0.1, 0.15) is 0 Å². The molecular formula is C14H20N4O4. The van der Waals surface area contributed by atoms with Gasteiger partial charge in [-0.1, -0.05) is 0 Å². The summed E-state index contributed by atoms with van der Waals surface area (Å²) in [7, 11) is 7.61. The molecule has 0 saturated heterocycles. The molecule has 8 nitrogen and oxygen atoms in total. The van der Waals surface area contributed by atoms with Crippen molar-refractivity contribution in [3.8, 4) is 5.75 Å². The largest absolute Gasteiger partial charge is 0.497 e. The molecule has 0 aliphatic heterocycles. The second-order valence-electron chi connectivity index (χ2n) is 4.49. The number of anilines is 1. The molecule has 0 radical (unpaired) electrons. The average molecular weight is 308 g/mol. The predicted molar refractivity (Wildman–Crippen MR) is 83.3 cm³/mol. The topological polar surface area (TPSA) is 83.5 Å². The van der Waals surface area contributed by atoms with Gasteiger partial charge in [-0.25, -0.2) is 9.59 Å². The lowest BCUT2D eigenvalue weighted by Crippen LogP contribution is -2.44. The monoisotopic (exact) mass is 308 g/mol. The van der Waals surface area contributed by atoms with E-state index in [4.69, 9.17) is 4.74 Å². The standard InChI is InChI=1S/C14H20N4O4/c1-17(2)12(16-14(20)22-5)18(3)13(19)15-10-6-8-11(21-4)9-7-10/h6-9H,1-5H3,(H,15,19)/b16-12-. The molecule has 0 heterocycles. The number of methoxy groups -OCH3 is 2. The zero-order valence-electron chi connectivity index (χ0n) is 13.3. The van der Waals surface area contributed by atoms with Crippen molar-refractivity contribution in [3.05, 3.63) is 24.3 Å². The van der Waals surface area contributed by atoms with Crippen LogP contribution in [0.5, 0.6) is 5.75 Å². The summed E-state index contributed by atoms with van der Waals surface area (Å²) in [5, 5.41) is 2.69. The fourth-order valence-electron chi connectivity index (χ4n) is 1.57. The van der Waals surface area contributed by atoms with Crippen LogP contribution in [0.4, 0.5) is 15.3 Å². The van der Waals surface area contributed by atoms with Crippen LogP contribution in [0.25, 0.3) is 0 Å². The molecular weight excluding hydrogens is 288 g/mol. The zero-order valence-corrected chi connectivity index (χ0v) is 13.3. The van der Waals surface area contributed by atoms with E-state index >= 15 is 0 Å². The summed E-state index contributed by atoms with van der Waals surface area (Å²) in [6.45, 7) is 0. The Morgan fingerprint density at radius 2 is 1.68 bits per heavy atom. The minimum atomic E-state index is -0.784. The van der Waals surface area contributed by atoms with E-state index in [-0.39, 0.29) is 5.96 Å². The van der Waals surface area contributed by atoms with Crippen molar-refractivity contribution in [2.24, 2.45) is 4.99 Å². The molecule has 1 rings (SSSR count). The summed E-state index contributed by atoms with van der Waals surface area (Å²) in [4.78, 5) is 29.9. The average Bonchev–Trinajstić information content (AvgIpc) is 2.51. The van der Waals surface area contributed by atoms with Gasteiger partial charge < -0.3 is 19.7 Å². The van der Waals surface area contributed by atoms with Crippen LogP contribution in [0, 0.1) is 0 Å². The van der Waals surface area contributed by atoms with Gasteiger partial charge in [0.2, 0.25) is 5.96 Å². The summed E-state index contributed by atoms with van der Waals surface area (Å²) >= 11 is 0.